The van der Waals surface area contributed by atoms with Gasteiger partial charge in [0.25, 0.3) is 0 Å². The van der Waals surface area contributed by atoms with E-state index in [1.54, 1.807) is 6.92 Å². The third-order valence-corrected chi connectivity index (χ3v) is 1.92. The van der Waals surface area contributed by atoms with Crippen molar-refractivity contribution in [1.29, 1.82) is 0 Å². The van der Waals surface area contributed by atoms with Gasteiger partial charge >= 0.3 is 6.61 Å². The van der Waals surface area contributed by atoms with E-state index in [0.717, 1.165) is 0 Å². The summed E-state index contributed by atoms with van der Waals surface area (Å²) in [5.74, 6) is -0.464. The smallest absolute Gasteiger partial charge is 0.387 e. The molecular weight excluding hydrogens is 244 g/mol. The molecule has 6 heteroatoms. The minimum Gasteiger partial charge on any atom is -0.490 e. The number of nitrogens with two attached hydrogens (primary N) is 1. The van der Waals surface area contributed by atoms with Crippen LogP contribution in [0.5, 0.6) is 11.5 Å². The van der Waals surface area contributed by atoms with Crippen LogP contribution in [0.15, 0.2) is 24.3 Å². The zero-order valence-corrected chi connectivity index (χ0v) is 9.73. The number of alkyl halides is 2. The van der Waals surface area contributed by atoms with Crippen LogP contribution in [-0.2, 0) is 4.79 Å². The summed E-state index contributed by atoms with van der Waals surface area (Å²) in [4.78, 5) is 10.6. The molecule has 0 unspecified atom stereocenters. The van der Waals surface area contributed by atoms with E-state index >= 15 is 0 Å². The van der Waals surface area contributed by atoms with Crippen LogP contribution < -0.4 is 15.2 Å². The number of carbonyl (C=O) groups excluding carboxylic acids is 1. The monoisotopic (exact) mass is 257 g/mol. The van der Waals surface area contributed by atoms with Crippen molar-refractivity contribution in [2.24, 2.45) is 5.73 Å². The molecule has 98 valence electrons. The van der Waals surface area contributed by atoms with E-state index in [1.165, 1.54) is 30.4 Å². The topological polar surface area (TPSA) is 61.5 Å². The minimum absolute atomic E-state index is 0.0527. The van der Waals surface area contributed by atoms with Crippen LogP contribution in [0.1, 0.15) is 12.5 Å². The average Bonchev–Trinajstić information content (AvgIpc) is 2.29. The van der Waals surface area contributed by atoms with Crippen LogP contribution >= 0.6 is 0 Å². The van der Waals surface area contributed by atoms with Gasteiger partial charge in [-0.05, 0) is 30.7 Å². The van der Waals surface area contributed by atoms with E-state index in [4.69, 9.17) is 10.5 Å². The number of ether oxygens (including phenoxy) is 2. The van der Waals surface area contributed by atoms with Gasteiger partial charge in [0.1, 0.15) is 0 Å². The highest BCUT2D eigenvalue weighted by molar-refractivity contribution is 5.90. The number of amides is 1. The van der Waals surface area contributed by atoms with E-state index < -0.39 is 12.5 Å². The molecule has 0 aliphatic carbocycles. The van der Waals surface area contributed by atoms with Crippen molar-refractivity contribution in [3.8, 4) is 11.5 Å². The zero-order chi connectivity index (χ0) is 13.5. The Morgan fingerprint density at radius 2 is 2.17 bits per heavy atom. The van der Waals surface area contributed by atoms with Crippen LogP contribution in [-0.4, -0.2) is 19.1 Å². The first-order valence-corrected chi connectivity index (χ1v) is 5.22. The molecular formula is C12H13F2NO3. The molecule has 1 aromatic rings. The molecule has 1 amide bonds. The molecule has 4 nitrogen and oxygen atoms in total. The largest absolute Gasteiger partial charge is 0.490 e. The van der Waals surface area contributed by atoms with Crippen LogP contribution in [0.3, 0.4) is 0 Å². The summed E-state index contributed by atoms with van der Waals surface area (Å²) in [5, 5.41) is 0. The summed E-state index contributed by atoms with van der Waals surface area (Å²) in [6.45, 7) is -0.892. The van der Waals surface area contributed by atoms with Gasteiger partial charge in [0.2, 0.25) is 5.91 Å². The fourth-order valence-corrected chi connectivity index (χ4v) is 1.27. The molecule has 0 spiro atoms. The number of carbonyl (C=O) groups is 1. The Morgan fingerprint density at radius 3 is 2.72 bits per heavy atom. The van der Waals surface area contributed by atoms with Crippen LogP contribution in [0, 0.1) is 0 Å². The molecule has 0 aromatic heterocycles. The zero-order valence-electron chi connectivity index (χ0n) is 9.73. The summed E-state index contributed by atoms with van der Waals surface area (Å²) < 4.78 is 33.8. The Kier molecular flexibility index (Phi) is 5.10. The Hall–Kier alpha value is -2.11. The van der Waals surface area contributed by atoms with Crippen molar-refractivity contribution in [2.45, 2.75) is 13.5 Å². The number of primary amides is 1. The Bertz CT molecular complexity index is 447. The molecule has 0 aliphatic heterocycles. The quantitative estimate of drug-likeness (QED) is 0.794. The highest BCUT2D eigenvalue weighted by Crippen LogP contribution is 2.30. The van der Waals surface area contributed by atoms with Crippen molar-refractivity contribution in [1.82, 2.24) is 0 Å². The predicted octanol–water partition coefficient (Wildman–Crippen LogP) is 2.19. The van der Waals surface area contributed by atoms with Gasteiger partial charge in [0.05, 0.1) is 6.61 Å². The second-order valence-corrected chi connectivity index (χ2v) is 3.25. The second-order valence-electron chi connectivity index (χ2n) is 3.25. The second kappa shape index (κ2) is 6.58. The predicted molar refractivity (Wildman–Crippen MR) is 62.5 cm³/mol. The standard InChI is InChI=1S/C12H13F2NO3/c1-2-17-10-7-8(4-6-11(15)16)3-5-9(10)18-12(13)14/h3-7,12H,2H2,1H3,(H2,15,16)/b6-4-. The van der Waals surface area contributed by atoms with Crippen molar-refractivity contribution in [2.75, 3.05) is 6.61 Å². The molecule has 0 saturated carbocycles. The van der Waals surface area contributed by atoms with Crippen molar-refractivity contribution in [3.63, 3.8) is 0 Å². The normalized spacial score (nSPS) is 10.9. The summed E-state index contributed by atoms with van der Waals surface area (Å²) in [6, 6.07) is 4.35. The first-order valence-electron chi connectivity index (χ1n) is 5.22. The lowest BCUT2D eigenvalue weighted by Gasteiger charge is -2.11. The highest BCUT2D eigenvalue weighted by Gasteiger charge is 2.10. The number of hydrogen-bond acceptors (Lipinski definition) is 3. The molecule has 18 heavy (non-hydrogen) atoms. The van der Waals surface area contributed by atoms with Crippen molar-refractivity contribution < 1.29 is 23.0 Å². The molecule has 0 atom stereocenters. The number of rotatable bonds is 6. The number of halogens is 2. The van der Waals surface area contributed by atoms with Gasteiger partial charge in [0.15, 0.2) is 11.5 Å². The fraction of sp³-hybridized carbons (Fsp3) is 0.250. The maximum atomic E-state index is 12.1. The van der Waals surface area contributed by atoms with E-state index in [0.29, 0.717) is 12.2 Å². The fourth-order valence-electron chi connectivity index (χ4n) is 1.27. The number of hydrogen-bond donors (Lipinski definition) is 1. The van der Waals surface area contributed by atoms with Gasteiger partial charge in [0, 0.05) is 6.08 Å². The molecule has 0 aliphatic rings. The maximum absolute atomic E-state index is 12.1. The van der Waals surface area contributed by atoms with Crippen molar-refractivity contribution >= 4 is 12.0 Å². The Labute approximate surface area is 103 Å². The molecule has 0 heterocycles. The van der Waals surface area contributed by atoms with Gasteiger partial charge in [-0.1, -0.05) is 6.07 Å². The van der Waals surface area contributed by atoms with Crippen molar-refractivity contribution in [3.05, 3.63) is 29.8 Å². The molecule has 0 saturated heterocycles. The average molecular weight is 257 g/mol. The van der Waals surface area contributed by atoms with Gasteiger partial charge < -0.3 is 15.2 Å². The third-order valence-electron chi connectivity index (χ3n) is 1.92. The maximum Gasteiger partial charge on any atom is 0.387 e. The highest BCUT2D eigenvalue weighted by atomic mass is 19.3. The summed E-state index contributed by atoms with van der Waals surface area (Å²) in [6.07, 6.45) is 2.62. The molecule has 0 fully saturated rings. The van der Waals surface area contributed by atoms with Crippen LogP contribution in [0.4, 0.5) is 8.78 Å². The first kappa shape index (κ1) is 14.0. The lowest BCUT2D eigenvalue weighted by Crippen LogP contribution is -2.05. The Morgan fingerprint density at radius 1 is 1.44 bits per heavy atom. The lowest BCUT2D eigenvalue weighted by molar-refractivity contribution is -0.113. The molecule has 1 aromatic carbocycles. The van der Waals surface area contributed by atoms with Gasteiger partial charge in [-0.25, -0.2) is 0 Å². The van der Waals surface area contributed by atoms with E-state index in [2.05, 4.69) is 4.74 Å². The van der Waals surface area contributed by atoms with Gasteiger partial charge in [-0.15, -0.1) is 0 Å². The molecule has 0 radical (unpaired) electrons. The summed E-state index contributed by atoms with van der Waals surface area (Å²) in [5.41, 5.74) is 5.55. The molecule has 2 N–H and O–H groups in total. The Balaban J connectivity index is 2.98. The molecule has 0 bridgehead atoms. The van der Waals surface area contributed by atoms with E-state index in [1.807, 2.05) is 0 Å². The first-order chi connectivity index (χ1) is 8.52. The SMILES string of the molecule is CCOc1cc(/C=C\C(N)=O)ccc1OC(F)F. The number of benzene rings is 1. The van der Waals surface area contributed by atoms with Gasteiger partial charge in [-0.2, -0.15) is 8.78 Å². The summed E-state index contributed by atoms with van der Waals surface area (Å²) in [7, 11) is 0. The van der Waals surface area contributed by atoms with Crippen LogP contribution in [0.25, 0.3) is 6.08 Å². The molecule has 1 rings (SSSR count). The van der Waals surface area contributed by atoms with E-state index in [-0.39, 0.29) is 11.5 Å². The third kappa shape index (κ3) is 4.40. The lowest BCUT2D eigenvalue weighted by atomic mass is 10.2. The summed E-state index contributed by atoms with van der Waals surface area (Å²) >= 11 is 0. The van der Waals surface area contributed by atoms with Gasteiger partial charge in [-0.3, -0.25) is 4.79 Å². The minimum atomic E-state index is -2.92. The van der Waals surface area contributed by atoms with Crippen LogP contribution in [0.2, 0.25) is 0 Å². The van der Waals surface area contributed by atoms with E-state index in [9.17, 15) is 13.6 Å².